The number of carbonyl (C=O) groups is 1. The number of amides is 2. The molecule has 1 saturated heterocycles. The van der Waals surface area contributed by atoms with Crippen LogP contribution in [-0.2, 0) is 0 Å². The van der Waals surface area contributed by atoms with E-state index in [4.69, 9.17) is 5.73 Å². The third kappa shape index (κ3) is 3.51. The van der Waals surface area contributed by atoms with E-state index in [1.165, 1.54) is 25.0 Å². The standard InChI is InChI=1S/C7H14N2OS/c8-7(10)9-5-6-3-1-2-4-11-6/h6H,1-5H2,(H3,8,9,10). The van der Waals surface area contributed by atoms with Crippen molar-refractivity contribution < 1.29 is 4.79 Å². The van der Waals surface area contributed by atoms with Crippen LogP contribution in [0.3, 0.4) is 0 Å². The molecule has 3 N–H and O–H groups in total. The minimum absolute atomic E-state index is 0.406. The Morgan fingerprint density at radius 1 is 1.64 bits per heavy atom. The van der Waals surface area contributed by atoms with Crippen LogP contribution in [0.15, 0.2) is 0 Å². The molecule has 0 aromatic heterocycles. The summed E-state index contributed by atoms with van der Waals surface area (Å²) in [4.78, 5) is 10.3. The highest BCUT2D eigenvalue weighted by atomic mass is 32.2. The van der Waals surface area contributed by atoms with Crippen LogP contribution in [0.4, 0.5) is 4.79 Å². The molecule has 0 aromatic rings. The highest BCUT2D eigenvalue weighted by Crippen LogP contribution is 2.23. The van der Waals surface area contributed by atoms with Gasteiger partial charge in [0.25, 0.3) is 0 Å². The minimum atomic E-state index is -0.406. The second-order valence-electron chi connectivity index (χ2n) is 2.73. The predicted octanol–water partition coefficient (Wildman–Crippen LogP) is 0.940. The number of carbonyl (C=O) groups excluding carboxylic acids is 1. The molecule has 4 heteroatoms. The third-order valence-corrected chi connectivity index (χ3v) is 3.18. The fraction of sp³-hybridized carbons (Fsp3) is 0.857. The van der Waals surface area contributed by atoms with E-state index in [2.05, 4.69) is 5.32 Å². The first kappa shape index (κ1) is 8.71. The Labute approximate surface area is 71.1 Å². The zero-order chi connectivity index (χ0) is 8.10. The molecule has 1 aliphatic heterocycles. The maximum atomic E-state index is 10.3. The maximum Gasteiger partial charge on any atom is 0.312 e. The number of hydrogen-bond acceptors (Lipinski definition) is 2. The first-order valence-electron chi connectivity index (χ1n) is 3.94. The maximum absolute atomic E-state index is 10.3. The van der Waals surface area contributed by atoms with Gasteiger partial charge in [0.1, 0.15) is 0 Å². The molecule has 1 fully saturated rings. The molecular weight excluding hydrogens is 160 g/mol. The van der Waals surface area contributed by atoms with Crippen LogP contribution in [-0.4, -0.2) is 23.6 Å². The zero-order valence-electron chi connectivity index (χ0n) is 6.51. The summed E-state index contributed by atoms with van der Waals surface area (Å²) >= 11 is 1.93. The fourth-order valence-corrected chi connectivity index (χ4v) is 2.42. The quantitative estimate of drug-likeness (QED) is 0.654. The second-order valence-corrected chi connectivity index (χ2v) is 4.14. The van der Waals surface area contributed by atoms with Gasteiger partial charge in [-0.1, -0.05) is 6.42 Å². The summed E-state index contributed by atoms with van der Waals surface area (Å²) in [7, 11) is 0. The number of rotatable bonds is 2. The number of thioether (sulfide) groups is 1. The van der Waals surface area contributed by atoms with Crippen LogP contribution >= 0.6 is 11.8 Å². The zero-order valence-corrected chi connectivity index (χ0v) is 7.32. The SMILES string of the molecule is NC(=O)NCC1CCCCS1. The van der Waals surface area contributed by atoms with Gasteiger partial charge in [0.15, 0.2) is 0 Å². The van der Waals surface area contributed by atoms with Crippen molar-refractivity contribution in [1.82, 2.24) is 5.32 Å². The van der Waals surface area contributed by atoms with E-state index in [0.717, 1.165) is 6.54 Å². The lowest BCUT2D eigenvalue weighted by Crippen LogP contribution is -2.35. The molecule has 1 aliphatic rings. The highest BCUT2D eigenvalue weighted by molar-refractivity contribution is 7.99. The molecule has 2 amide bonds. The molecule has 0 bridgehead atoms. The van der Waals surface area contributed by atoms with Gasteiger partial charge in [-0.05, 0) is 18.6 Å². The summed E-state index contributed by atoms with van der Waals surface area (Å²) in [6.07, 6.45) is 3.82. The van der Waals surface area contributed by atoms with Gasteiger partial charge in [0, 0.05) is 11.8 Å². The van der Waals surface area contributed by atoms with Crippen LogP contribution < -0.4 is 11.1 Å². The van der Waals surface area contributed by atoms with Crippen LogP contribution in [0.2, 0.25) is 0 Å². The lowest BCUT2D eigenvalue weighted by Gasteiger charge is -2.20. The van der Waals surface area contributed by atoms with Gasteiger partial charge in [0.05, 0.1) is 0 Å². The smallest absolute Gasteiger partial charge is 0.312 e. The number of primary amides is 1. The van der Waals surface area contributed by atoms with E-state index in [1.807, 2.05) is 11.8 Å². The lowest BCUT2D eigenvalue weighted by molar-refractivity contribution is 0.249. The Hall–Kier alpha value is -0.380. The van der Waals surface area contributed by atoms with Crippen molar-refractivity contribution in [3.63, 3.8) is 0 Å². The van der Waals surface area contributed by atoms with Crippen LogP contribution in [0.5, 0.6) is 0 Å². The summed E-state index contributed by atoms with van der Waals surface area (Å²) in [5, 5.41) is 3.23. The Bertz CT molecular complexity index is 134. The van der Waals surface area contributed by atoms with Crippen molar-refractivity contribution in [3.05, 3.63) is 0 Å². The minimum Gasteiger partial charge on any atom is -0.352 e. The highest BCUT2D eigenvalue weighted by Gasteiger charge is 2.13. The first-order chi connectivity index (χ1) is 5.29. The molecule has 0 radical (unpaired) electrons. The van der Waals surface area contributed by atoms with Crippen LogP contribution in [0, 0.1) is 0 Å². The Morgan fingerprint density at radius 3 is 3.00 bits per heavy atom. The molecule has 1 atom stereocenters. The average molecular weight is 174 g/mol. The molecule has 0 aromatic carbocycles. The van der Waals surface area contributed by atoms with Crippen molar-refractivity contribution in [2.45, 2.75) is 24.5 Å². The van der Waals surface area contributed by atoms with E-state index < -0.39 is 6.03 Å². The van der Waals surface area contributed by atoms with Crippen LogP contribution in [0.25, 0.3) is 0 Å². The van der Waals surface area contributed by atoms with E-state index >= 15 is 0 Å². The largest absolute Gasteiger partial charge is 0.352 e. The van der Waals surface area contributed by atoms with Gasteiger partial charge >= 0.3 is 6.03 Å². The molecule has 1 unspecified atom stereocenters. The normalized spacial score (nSPS) is 24.5. The lowest BCUT2D eigenvalue weighted by atomic mass is 10.2. The second kappa shape index (κ2) is 4.49. The molecule has 0 spiro atoms. The van der Waals surface area contributed by atoms with Crippen molar-refractivity contribution in [2.24, 2.45) is 5.73 Å². The predicted molar refractivity (Wildman–Crippen MR) is 47.7 cm³/mol. The summed E-state index contributed by atoms with van der Waals surface area (Å²) < 4.78 is 0. The van der Waals surface area contributed by atoms with Gasteiger partial charge in [-0.2, -0.15) is 11.8 Å². The average Bonchev–Trinajstić information content (AvgIpc) is 2.03. The molecular formula is C7H14N2OS. The molecule has 1 rings (SSSR count). The number of nitrogens with two attached hydrogens (primary N) is 1. The van der Waals surface area contributed by atoms with Crippen molar-refractivity contribution >= 4 is 17.8 Å². The van der Waals surface area contributed by atoms with Crippen molar-refractivity contribution in [1.29, 1.82) is 0 Å². The van der Waals surface area contributed by atoms with Crippen LogP contribution in [0.1, 0.15) is 19.3 Å². The van der Waals surface area contributed by atoms with E-state index in [0.29, 0.717) is 5.25 Å². The van der Waals surface area contributed by atoms with Gasteiger partial charge in [-0.15, -0.1) is 0 Å². The summed E-state index contributed by atoms with van der Waals surface area (Å²) in [5.74, 6) is 1.23. The fourth-order valence-electron chi connectivity index (χ4n) is 1.18. The van der Waals surface area contributed by atoms with Gasteiger partial charge in [-0.3, -0.25) is 0 Å². The molecule has 1 heterocycles. The van der Waals surface area contributed by atoms with Crippen molar-refractivity contribution in [3.8, 4) is 0 Å². The summed E-state index contributed by atoms with van der Waals surface area (Å²) in [5.41, 5.74) is 4.95. The first-order valence-corrected chi connectivity index (χ1v) is 4.99. The Balaban J connectivity index is 2.09. The molecule has 0 saturated carbocycles. The van der Waals surface area contributed by atoms with Crippen molar-refractivity contribution in [2.75, 3.05) is 12.3 Å². The third-order valence-electron chi connectivity index (χ3n) is 1.78. The number of urea groups is 1. The van der Waals surface area contributed by atoms with E-state index in [1.54, 1.807) is 0 Å². The summed E-state index contributed by atoms with van der Waals surface area (Å²) in [6, 6.07) is -0.406. The summed E-state index contributed by atoms with van der Waals surface area (Å²) in [6.45, 7) is 0.736. The molecule has 64 valence electrons. The molecule has 3 nitrogen and oxygen atoms in total. The van der Waals surface area contributed by atoms with Gasteiger partial charge in [0.2, 0.25) is 0 Å². The monoisotopic (exact) mass is 174 g/mol. The number of hydrogen-bond donors (Lipinski definition) is 2. The Kier molecular flexibility index (Phi) is 3.56. The topological polar surface area (TPSA) is 55.1 Å². The van der Waals surface area contributed by atoms with E-state index in [-0.39, 0.29) is 0 Å². The molecule has 11 heavy (non-hydrogen) atoms. The van der Waals surface area contributed by atoms with Gasteiger partial charge in [-0.25, -0.2) is 4.79 Å². The van der Waals surface area contributed by atoms with E-state index in [9.17, 15) is 4.79 Å². The molecule has 0 aliphatic carbocycles. The van der Waals surface area contributed by atoms with Gasteiger partial charge < -0.3 is 11.1 Å². The number of nitrogens with one attached hydrogen (secondary N) is 1. The Morgan fingerprint density at radius 2 is 2.45 bits per heavy atom.